The van der Waals surface area contributed by atoms with Gasteiger partial charge in [0.15, 0.2) is 5.82 Å². The molecule has 0 spiro atoms. The zero-order valence-electron chi connectivity index (χ0n) is 8.12. The summed E-state index contributed by atoms with van der Waals surface area (Å²) < 4.78 is 0. The molecule has 1 fully saturated rings. The van der Waals surface area contributed by atoms with Crippen LogP contribution in [0.15, 0.2) is 6.20 Å². The van der Waals surface area contributed by atoms with Gasteiger partial charge in [-0.3, -0.25) is 4.79 Å². The number of primary amides is 1. The van der Waals surface area contributed by atoms with Gasteiger partial charge in [0.1, 0.15) is 0 Å². The number of hydrogen-bond donors (Lipinski definition) is 2. The van der Waals surface area contributed by atoms with Crippen molar-refractivity contribution in [1.82, 2.24) is 9.97 Å². The third-order valence-corrected chi connectivity index (χ3v) is 2.85. The zero-order valence-corrected chi connectivity index (χ0v) is 8.12. The van der Waals surface area contributed by atoms with E-state index in [1.165, 1.54) is 32.1 Å². The summed E-state index contributed by atoms with van der Waals surface area (Å²) in [5.74, 6) is 0.325. The van der Waals surface area contributed by atoms with Crippen molar-refractivity contribution in [2.75, 3.05) is 0 Å². The molecule has 3 N–H and O–H groups in total. The number of aromatic amines is 1. The molecule has 1 aromatic rings. The second-order valence-corrected chi connectivity index (χ2v) is 3.87. The first-order valence-electron chi connectivity index (χ1n) is 5.12. The maximum absolute atomic E-state index is 10.8. The molecule has 2 rings (SSSR count). The molecule has 76 valence electrons. The van der Waals surface area contributed by atoms with Crippen LogP contribution in [-0.4, -0.2) is 15.9 Å². The lowest BCUT2D eigenvalue weighted by Crippen LogP contribution is -2.13. The Balaban J connectivity index is 2.11. The molecule has 4 heteroatoms. The Morgan fingerprint density at radius 2 is 2.14 bits per heavy atom. The topological polar surface area (TPSA) is 71.8 Å². The predicted molar refractivity (Wildman–Crippen MR) is 52.9 cm³/mol. The summed E-state index contributed by atoms with van der Waals surface area (Å²) in [6.07, 6.45) is 8.04. The number of amides is 1. The summed E-state index contributed by atoms with van der Waals surface area (Å²) in [4.78, 5) is 17.8. The van der Waals surface area contributed by atoms with Crippen molar-refractivity contribution in [3.8, 4) is 0 Å². The number of nitrogens with one attached hydrogen (secondary N) is 1. The molecule has 4 nitrogen and oxygen atoms in total. The Morgan fingerprint density at radius 1 is 1.43 bits per heavy atom. The third-order valence-electron chi connectivity index (χ3n) is 2.85. The average Bonchev–Trinajstić information content (AvgIpc) is 2.68. The number of rotatable bonds is 2. The average molecular weight is 193 g/mol. The van der Waals surface area contributed by atoms with E-state index in [4.69, 9.17) is 5.73 Å². The van der Waals surface area contributed by atoms with Crippen molar-refractivity contribution in [2.24, 2.45) is 5.73 Å². The van der Waals surface area contributed by atoms with Gasteiger partial charge in [-0.05, 0) is 12.8 Å². The molecule has 1 aromatic heterocycles. The molecule has 1 amide bonds. The van der Waals surface area contributed by atoms with Gasteiger partial charge in [0.25, 0.3) is 5.91 Å². The summed E-state index contributed by atoms with van der Waals surface area (Å²) in [6, 6.07) is 0. The fraction of sp³-hybridized carbons (Fsp3) is 0.600. The van der Waals surface area contributed by atoms with Gasteiger partial charge >= 0.3 is 0 Å². The van der Waals surface area contributed by atoms with Crippen molar-refractivity contribution >= 4 is 5.91 Å². The number of H-pyrrole nitrogens is 1. The van der Waals surface area contributed by atoms with Crippen LogP contribution in [0.1, 0.15) is 54.3 Å². The molecule has 14 heavy (non-hydrogen) atoms. The van der Waals surface area contributed by atoms with E-state index >= 15 is 0 Å². The molecule has 0 atom stereocenters. The lowest BCUT2D eigenvalue weighted by atomic mass is 9.87. The maximum atomic E-state index is 10.8. The smallest absolute Gasteiger partial charge is 0.284 e. The number of hydrogen-bond acceptors (Lipinski definition) is 2. The van der Waals surface area contributed by atoms with Gasteiger partial charge in [-0.1, -0.05) is 19.3 Å². The van der Waals surface area contributed by atoms with Crippen LogP contribution >= 0.6 is 0 Å². The minimum atomic E-state index is -0.480. The zero-order chi connectivity index (χ0) is 9.97. The number of carbonyl (C=O) groups is 1. The van der Waals surface area contributed by atoms with Gasteiger partial charge in [0.05, 0.1) is 5.69 Å². The first kappa shape index (κ1) is 9.24. The van der Waals surface area contributed by atoms with Crippen LogP contribution in [0, 0.1) is 0 Å². The summed E-state index contributed by atoms with van der Waals surface area (Å²) in [7, 11) is 0. The maximum Gasteiger partial charge on any atom is 0.284 e. The monoisotopic (exact) mass is 193 g/mol. The Morgan fingerprint density at radius 3 is 2.71 bits per heavy atom. The van der Waals surface area contributed by atoms with Crippen molar-refractivity contribution in [2.45, 2.75) is 38.0 Å². The number of carbonyl (C=O) groups excluding carboxylic acids is 1. The highest BCUT2D eigenvalue weighted by Crippen LogP contribution is 2.31. The first-order valence-corrected chi connectivity index (χ1v) is 5.12. The molecule has 0 saturated heterocycles. The normalized spacial score (nSPS) is 18.3. The SMILES string of the molecule is NC(=O)c1nc(C2CCCCC2)c[nH]1. The second-order valence-electron chi connectivity index (χ2n) is 3.87. The fourth-order valence-corrected chi connectivity index (χ4v) is 2.07. The van der Waals surface area contributed by atoms with Crippen molar-refractivity contribution in [3.63, 3.8) is 0 Å². The van der Waals surface area contributed by atoms with Crippen molar-refractivity contribution in [1.29, 1.82) is 0 Å². The predicted octanol–water partition coefficient (Wildman–Crippen LogP) is 1.56. The van der Waals surface area contributed by atoms with Gasteiger partial charge < -0.3 is 10.7 Å². The molecule has 0 bridgehead atoms. The molecule has 1 aliphatic carbocycles. The summed E-state index contributed by atoms with van der Waals surface area (Å²) >= 11 is 0. The molecule has 1 saturated carbocycles. The van der Waals surface area contributed by atoms with Crippen LogP contribution in [0.2, 0.25) is 0 Å². The minimum Gasteiger partial charge on any atom is -0.363 e. The van der Waals surface area contributed by atoms with E-state index in [1.54, 1.807) is 0 Å². The molecular weight excluding hydrogens is 178 g/mol. The number of nitrogens with zero attached hydrogens (tertiary/aromatic N) is 1. The molecule has 0 aliphatic heterocycles. The molecular formula is C10H15N3O. The Hall–Kier alpha value is -1.32. The molecule has 0 unspecified atom stereocenters. The highest BCUT2D eigenvalue weighted by atomic mass is 16.1. The number of nitrogens with two attached hydrogens (primary N) is 1. The fourth-order valence-electron chi connectivity index (χ4n) is 2.07. The first-order chi connectivity index (χ1) is 6.77. The lowest BCUT2D eigenvalue weighted by Gasteiger charge is -2.19. The molecule has 1 heterocycles. The Bertz CT molecular complexity index is 326. The molecule has 0 aromatic carbocycles. The van der Waals surface area contributed by atoms with Gasteiger partial charge in [-0.25, -0.2) is 4.98 Å². The van der Waals surface area contributed by atoms with Crippen LogP contribution in [0.4, 0.5) is 0 Å². The summed E-state index contributed by atoms with van der Waals surface area (Å²) in [5, 5.41) is 0. The second kappa shape index (κ2) is 3.82. The van der Waals surface area contributed by atoms with E-state index in [0.29, 0.717) is 5.92 Å². The Kier molecular flexibility index (Phi) is 2.52. The highest BCUT2D eigenvalue weighted by Gasteiger charge is 2.18. The van der Waals surface area contributed by atoms with Crippen LogP contribution in [0.25, 0.3) is 0 Å². The van der Waals surface area contributed by atoms with Gasteiger partial charge in [-0.2, -0.15) is 0 Å². The summed E-state index contributed by atoms with van der Waals surface area (Å²) in [5.41, 5.74) is 6.12. The van der Waals surface area contributed by atoms with Gasteiger partial charge in [-0.15, -0.1) is 0 Å². The van der Waals surface area contributed by atoms with Crippen LogP contribution in [0.5, 0.6) is 0 Å². The van der Waals surface area contributed by atoms with E-state index in [9.17, 15) is 4.79 Å². The van der Waals surface area contributed by atoms with Crippen molar-refractivity contribution < 1.29 is 4.79 Å². The number of imidazole rings is 1. The lowest BCUT2D eigenvalue weighted by molar-refractivity contribution is 0.0991. The van der Waals surface area contributed by atoms with E-state index in [-0.39, 0.29) is 5.82 Å². The van der Waals surface area contributed by atoms with E-state index < -0.39 is 5.91 Å². The quantitative estimate of drug-likeness (QED) is 0.748. The third kappa shape index (κ3) is 1.78. The molecule has 0 radical (unpaired) electrons. The van der Waals surface area contributed by atoms with Crippen LogP contribution in [0.3, 0.4) is 0 Å². The van der Waals surface area contributed by atoms with Gasteiger partial charge in [0, 0.05) is 12.1 Å². The van der Waals surface area contributed by atoms with E-state index in [1.807, 2.05) is 6.20 Å². The summed E-state index contributed by atoms with van der Waals surface area (Å²) in [6.45, 7) is 0. The van der Waals surface area contributed by atoms with Crippen LogP contribution < -0.4 is 5.73 Å². The van der Waals surface area contributed by atoms with E-state index in [0.717, 1.165) is 5.69 Å². The largest absolute Gasteiger partial charge is 0.363 e. The van der Waals surface area contributed by atoms with Crippen LogP contribution in [-0.2, 0) is 0 Å². The standard InChI is InChI=1S/C10H15N3O/c11-9(14)10-12-6-8(13-10)7-4-2-1-3-5-7/h6-7H,1-5H2,(H2,11,14)(H,12,13). The Labute approximate surface area is 82.9 Å². The molecule has 1 aliphatic rings. The van der Waals surface area contributed by atoms with Gasteiger partial charge in [0.2, 0.25) is 0 Å². The minimum absolute atomic E-state index is 0.283. The number of aromatic nitrogens is 2. The van der Waals surface area contributed by atoms with E-state index in [2.05, 4.69) is 9.97 Å². The van der Waals surface area contributed by atoms with Crippen molar-refractivity contribution in [3.05, 3.63) is 17.7 Å². The highest BCUT2D eigenvalue weighted by molar-refractivity contribution is 5.88.